The van der Waals surface area contributed by atoms with Crippen LogP contribution in [-0.2, 0) is 6.42 Å². The van der Waals surface area contributed by atoms with Crippen molar-refractivity contribution in [2.75, 3.05) is 39.1 Å². The quantitative estimate of drug-likeness (QED) is 0.781. The molecular formula is C13H19ClN2. The summed E-state index contributed by atoms with van der Waals surface area (Å²) in [5.41, 5.74) is 2.72. The predicted octanol–water partition coefficient (Wildman–Crippen LogP) is 2.51. The molecule has 0 N–H and O–H groups in total. The molecule has 2 rings (SSSR count). The van der Waals surface area contributed by atoms with Crippen LogP contribution in [0.15, 0.2) is 18.2 Å². The fourth-order valence-electron chi connectivity index (χ4n) is 2.59. The Balaban J connectivity index is 2.20. The van der Waals surface area contributed by atoms with E-state index in [4.69, 9.17) is 11.6 Å². The Morgan fingerprint density at radius 3 is 2.88 bits per heavy atom. The van der Waals surface area contributed by atoms with Gasteiger partial charge in [-0.3, -0.25) is 0 Å². The van der Waals surface area contributed by atoms with Crippen molar-refractivity contribution in [2.24, 2.45) is 5.92 Å². The van der Waals surface area contributed by atoms with Gasteiger partial charge in [0.25, 0.3) is 0 Å². The largest absolute Gasteiger partial charge is 0.374 e. The van der Waals surface area contributed by atoms with E-state index in [9.17, 15) is 0 Å². The van der Waals surface area contributed by atoms with Gasteiger partial charge in [-0.2, -0.15) is 0 Å². The van der Waals surface area contributed by atoms with Crippen molar-refractivity contribution < 1.29 is 0 Å². The Hall–Kier alpha value is -0.730. The van der Waals surface area contributed by atoms with E-state index in [-0.39, 0.29) is 0 Å². The zero-order valence-corrected chi connectivity index (χ0v) is 11.0. The Morgan fingerprint density at radius 2 is 2.19 bits per heavy atom. The molecule has 0 radical (unpaired) electrons. The maximum Gasteiger partial charge on any atom is 0.0410 e. The summed E-state index contributed by atoms with van der Waals surface area (Å²) in [5.74, 6) is 0.700. The lowest BCUT2D eigenvalue weighted by Crippen LogP contribution is -2.37. The highest BCUT2D eigenvalue weighted by Gasteiger charge is 2.22. The van der Waals surface area contributed by atoms with E-state index in [2.05, 4.69) is 43.1 Å². The molecule has 1 heterocycles. The highest BCUT2D eigenvalue weighted by Crippen LogP contribution is 2.30. The van der Waals surface area contributed by atoms with Crippen LogP contribution >= 0.6 is 11.6 Å². The number of halogens is 1. The summed E-state index contributed by atoms with van der Waals surface area (Å²) in [6, 6.07) is 6.21. The third kappa shape index (κ3) is 2.50. The van der Waals surface area contributed by atoms with E-state index in [1.165, 1.54) is 11.3 Å². The lowest BCUT2D eigenvalue weighted by atomic mass is 9.92. The highest BCUT2D eigenvalue weighted by atomic mass is 35.5. The molecule has 1 aliphatic rings. The van der Waals surface area contributed by atoms with Crippen LogP contribution in [0.1, 0.15) is 5.56 Å². The molecule has 1 aliphatic heterocycles. The molecular weight excluding hydrogens is 220 g/mol. The van der Waals surface area contributed by atoms with E-state index >= 15 is 0 Å². The maximum atomic E-state index is 6.05. The topological polar surface area (TPSA) is 6.48 Å². The number of hydrogen-bond acceptors (Lipinski definition) is 2. The van der Waals surface area contributed by atoms with Crippen molar-refractivity contribution in [3.05, 3.63) is 28.8 Å². The van der Waals surface area contributed by atoms with E-state index < -0.39 is 0 Å². The first-order valence-electron chi connectivity index (χ1n) is 5.70. The zero-order chi connectivity index (χ0) is 11.7. The number of anilines is 1. The lowest BCUT2D eigenvalue weighted by Gasteiger charge is -2.34. The van der Waals surface area contributed by atoms with Crippen molar-refractivity contribution in [3.63, 3.8) is 0 Å². The average Bonchev–Trinajstić information content (AvgIpc) is 2.15. The number of rotatable bonds is 2. The van der Waals surface area contributed by atoms with Crippen LogP contribution in [0, 0.1) is 5.92 Å². The summed E-state index contributed by atoms with van der Waals surface area (Å²) in [6.07, 6.45) is 1.14. The monoisotopic (exact) mass is 238 g/mol. The Kier molecular flexibility index (Phi) is 3.41. The van der Waals surface area contributed by atoms with Crippen molar-refractivity contribution in [3.8, 4) is 0 Å². The van der Waals surface area contributed by atoms with Gasteiger partial charge in [-0.25, -0.2) is 0 Å². The van der Waals surface area contributed by atoms with Gasteiger partial charge in [-0.05, 0) is 50.2 Å². The minimum Gasteiger partial charge on any atom is -0.374 e. The first-order valence-corrected chi connectivity index (χ1v) is 6.08. The molecule has 3 heteroatoms. The summed E-state index contributed by atoms with van der Waals surface area (Å²) in [4.78, 5) is 4.59. The second kappa shape index (κ2) is 4.64. The molecule has 0 saturated carbocycles. The number of benzene rings is 1. The summed E-state index contributed by atoms with van der Waals surface area (Å²) < 4.78 is 0. The van der Waals surface area contributed by atoms with Gasteiger partial charge in [0.15, 0.2) is 0 Å². The molecule has 0 unspecified atom stereocenters. The molecule has 0 saturated heterocycles. The zero-order valence-electron chi connectivity index (χ0n) is 10.2. The van der Waals surface area contributed by atoms with Crippen LogP contribution < -0.4 is 4.90 Å². The molecule has 1 atom stereocenters. The van der Waals surface area contributed by atoms with E-state index in [1.807, 2.05) is 6.07 Å². The number of nitrogens with zero attached hydrogens (tertiary/aromatic N) is 2. The molecule has 1 aromatic rings. The van der Waals surface area contributed by atoms with Gasteiger partial charge < -0.3 is 9.80 Å². The summed E-state index contributed by atoms with van der Waals surface area (Å²) in [5, 5.41) is 0.845. The van der Waals surface area contributed by atoms with Crippen LogP contribution in [0.25, 0.3) is 0 Å². The standard InChI is InChI=1S/C13H19ClN2/c1-15(2)8-10-6-11-7-12(14)4-5-13(11)16(3)9-10/h4-5,7,10H,6,8-9H2,1-3H3/t10-/m1/s1. The fraction of sp³-hybridized carbons (Fsp3) is 0.538. The van der Waals surface area contributed by atoms with Gasteiger partial charge in [-0.15, -0.1) is 0 Å². The molecule has 0 spiro atoms. The van der Waals surface area contributed by atoms with Crippen molar-refractivity contribution >= 4 is 17.3 Å². The van der Waals surface area contributed by atoms with Crippen LogP contribution in [0.2, 0.25) is 5.02 Å². The first-order chi connectivity index (χ1) is 7.56. The number of fused-ring (bicyclic) bond motifs is 1. The van der Waals surface area contributed by atoms with Gasteiger partial charge in [-0.1, -0.05) is 11.6 Å². The van der Waals surface area contributed by atoms with Gasteiger partial charge in [0.1, 0.15) is 0 Å². The van der Waals surface area contributed by atoms with Crippen molar-refractivity contribution in [1.82, 2.24) is 4.90 Å². The molecule has 0 fully saturated rings. The molecule has 16 heavy (non-hydrogen) atoms. The number of hydrogen-bond donors (Lipinski definition) is 0. The molecule has 0 aliphatic carbocycles. The van der Waals surface area contributed by atoms with Gasteiger partial charge in [0.2, 0.25) is 0 Å². The first kappa shape index (κ1) is 11.7. The van der Waals surface area contributed by atoms with E-state index in [0.29, 0.717) is 5.92 Å². The van der Waals surface area contributed by atoms with Gasteiger partial charge in [0.05, 0.1) is 0 Å². The third-order valence-corrected chi connectivity index (χ3v) is 3.35. The Bertz CT molecular complexity index is 376. The molecule has 88 valence electrons. The summed E-state index contributed by atoms with van der Waals surface area (Å²) in [7, 11) is 6.43. The molecule has 1 aromatic carbocycles. The smallest absolute Gasteiger partial charge is 0.0410 e. The highest BCUT2D eigenvalue weighted by molar-refractivity contribution is 6.30. The minimum absolute atomic E-state index is 0.700. The van der Waals surface area contributed by atoms with Crippen LogP contribution in [-0.4, -0.2) is 39.1 Å². The molecule has 0 bridgehead atoms. The summed E-state index contributed by atoms with van der Waals surface area (Å²) in [6.45, 7) is 2.27. The lowest BCUT2D eigenvalue weighted by molar-refractivity contribution is 0.320. The van der Waals surface area contributed by atoms with Gasteiger partial charge in [0, 0.05) is 30.8 Å². The van der Waals surface area contributed by atoms with E-state index in [1.54, 1.807) is 0 Å². The van der Waals surface area contributed by atoms with E-state index in [0.717, 1.165) is 24.5 Å². The van der Waals surface area contributed by atoms with Crippen molar-refractivity contribution in [2.45, 2.75) is 6.42 Å². The SMILES string of the molecule is CN(C)C[C@H]1Cc2cc(Cl)ccc2N(C)C1. The van der Waals surface area contributed by atoms with Gasteiger partial charge >= 0.3 is 0 Å². The minimum atomic E-state index is 0.700. The fourth-order valence-corrected chi connectivity index (χ4v) is 2.78. The second-order valence-electron chi connectivity index (χ2n) is 4.99. The third-order valence-electron chi connectivity index (χ3n) is 3.12. The molecule has 0 aromatic heterocycles. The van der Waals surface area contributed by atoms with Crippen LogP contribution in [0.5, 0.6) is 0 Å². The molecule has 0 amide bonds. The molecule has 2 nitrogen and oxygen atoms in total. The predicted molar refractivity (Wildman–Crippen MR) is 70.5 cm³/mol. The maximum absolute atomic E-state index is 6.05. The average molecular weight is 239 g/mol. The van der Waals surface area contributed by atoms with Crippen molar-refractivity contribution in [1.29, 1.82) is 0 Å². The Morgan fingerprint density at radius 1 is 1.44 bits per heavy atom. The van der Waals surface area contributed by atoms with Crippen LogP contribution in [0.3, 0.4) is 0 Å². The van der Waals surface area contributed by atoms with Crippen LogP contribution in [0.4, 0.5) is 5.69 Å². The Labute approximate surface area is 103 Å². The second-order valence-corrected chi connectivity index (χ2v) is 5.42. The normalized spacial score (nSPS) is 20.1. The summed E-state index contributed by atoms with van der Waals surface area (Å²) >= 11 is 6.05.